The molecule has 160 valence electrons. The number of halogens is 2. The quantitative estimate of drug-likeness (QED) is 0.513. The van der Waals surface area contributed by atoms with Crippen molar-refractivity contribution in [1.29, 1.82) is 0 Å². The third kappa shape index (κ3) is 4.24. The van der Waals surface area contributed by atoms with E-state index in [0.717, 1.165) is 0 Å². The molecule has 0 aliphatic heterocycles. The van der Waals surface area contributed by atoms with E-state index in [1.807, 2.05) is 0 Å². The molecule has 0 unspecified atom stereocenters. The van der Waals surface area contributed by atoms with Crippen LogP contribution < -0.4 is 24.8 Å². The summed E-state index contributed by atoms with van der Waals surface area (Å²) >= 11 is -0.806. The Morgan fingerprint density at radius 1 is 0.552 bits per heavy atom. The topological polar surface area (TPSA) is 0 Å². The Hall–Kier alpha value is 0.423. The maximum Gasteiger partial charge on any atom is -1.00 e. The van der Waals surface area contributed by atoms with Gasteiger partial charge in [0.15, 0.2) is 0 Å². The molecule has 2 saturated carbocycles. The van der Waals surface area contributed by atoms with Gasteiger partial charge in [-0.1, -0.05) is 0 Å². The second-order valence-electron chi connectivity index (χ2n) is 9.69. The largest absolute Gasteiger partial charge is 1.00 e. The smallest absolute Gasteiger partial charge is 1.00 e. The third-order valence-electron chi connectivity index (χ3n) is 8.80. The summed E-state index contributed by atoms with van der Waals surface area (Å²) in [7, 11) is 0. The summed E-state index contributed by atoms with van der Waals surface area (Å²) in [6.45, 7) is 4.99. The van der Waals surface area contributed by atoms with Crippen molar-refractivity contribution >= 4 is 0 Å². The fourth-order valence-electron chi connectivity index (χ4n) is 7.00. The van der Waals surface area contributed by atoms with Crippen molar-refractivity contribution in [3.8, 4) is 0 Å². The zero-order chi connectivity index (χ0) is 18.8. The first-order chi connectivity index (χ1) is 13.2. The average molecular weight is 513 g/mol. The Morgan fingerprint density at radius 2 is 0.862 bits per heavy atom. The average Bonchev–Trinajstić information content (AvgIpc) is 3.41. The van der Waals surface area contributed by atoms with Crippen molar-refractivity contribution in [2.24, 2.45) is 10.8 Å². The Kier molecular flexibility index (Phi) is 9.17. The van der Waals surface area contributed by atoms with Crippen molar-refractivity contribution in [3.63, 3.8) is 0 Å². The predicted molar refractivity (Wildman–Crippen MR) is 114 cm³/mol. The molecule has 0 nitrogen and oxygen atoms in total. The molecule has 0 aromatic carbocycles. The van der Waals surface area contributed by atoms with Gasteiger partial charge in [0.25, 0.3) is 0 Å². The molecule has 0 bridgehead atoms. The minimum Gasteiger partial charge on any atom is -1.00 e. The molecule has 0 N–H and O–H groups in total. The molecule has 2 fully saturated rings. The molecular formula is C26H38Cl2Zr. The van der Waals surface area contributed by atoms with E-state index in [0.29, 0.717) is 17.1 Å². The molecule has 4 aliphatic rings. The van der Waals surface area contributed by atoms with Gasteiger partial charge in [-0.3, -0.25) is 0 Å². The molecule has 0 radical (unpaired) electrons. The van der Waals surface area contributed by atoms with E-state index in [1.165, 1.54) is 77.0 Å². The van der Waals surface area contributed by atoms with E-state index in [-0.39, 0.29) is 24.8 Å². The van der Waals surface area contributed by atoms with Crippen LogP contribution in [0.1, 0.15) is 90.9 Å². The van der Waals surface area contributed by atoms with Crippen LogP contribution in [0.25, 0.3) is 0 Å². The Labute approximate surface area is 203 Å². The van der Waals surface area contributed by atoms with Crippen LogP contribution in [0.3, 0.4) is 0 Å². The van der Waals surface area contributed by atoms with Crippen molar-refractivity contribution in [1.82, 2.24) is 0 Å². The van der Waals surface area contributed by atoms with Crippen LogP contribution in [-0.4, -0.2) is 0 Å². The van der Waals surface area contributed by atoms with Crippen LogP contribution in [0.2, 0.25) is 6.25 Å². The number of rotatable bonds is 6. The molecule has 0 aromatic heterocycles. The molecule has 4 aliphatic carbocycles. The Balaban J connectivity index is 0.00000150. The molecule has 29 heavy (non-hydrogen) atoms. The fourth-order valence-corrected chi connectivity index (χ4v) is 13.8. The molecule has 4 rings (SSSR count). The second-order valence-corrected chi connectivity index (χ2v) is 14.4. The van der Waals surface area contributed by atoms with E-state index < -0.39 is 23.2 Å². The monoisotopic (exact) mass is 510 g/mol. The zero-order valence-corrected chi connectivity index (χ0v) is 22.3. The minimum absolute atomic E-state index is 0. The van der Waals surface area contributed by atoms with Gasteiger partial charge in [-0.05, 0) is 0 Å². The molecule has 3 heteroatoms. The van der Waals surface area contributed by atoms with Crippen LogP contribution >= 0.6 is 0 Å². The van der Waals surface area contributed by atoms with E-state index in [4.69, 9.17) is 0 Å². The zero-order valence-electron chi connectivity index (χ0n) is 18.4. The second kappa shape index (κ2) is 10.4. The van der Waals surface area contributed by atoms with Crippen molar-refractivity contribution in [2.75, 3.05) is 0 Å². The van der Waals surface area contributed by atoms with Crippen LogP contribution in [0.15, 0.2) is 48.6 Å². The Bertz CT molecular complexity index is 566. The predicted octanol–water partition coefficient (Wildman–Crippen LogP) is 2.37. The molecule has 0 aromatic rings. The van der Waals surface area contributed by atoms with Crippen molar-refractivity contribution < 1.29 is 48.0 Å². The first-order valence-corrected chi connectivity index (χ1v) is 14.1. The van der Waals surface area contributed by atoms with E-state index >= 15 is 0 Å². The third-order valence-corrected chi connectivity index (χ3v) is 15.1. The molecule has 0 heterocycles. The summed E-state index contributed by atoms with van der Waals surface area (Å²) in [5.74, 6) is 0. The number of hydrogen-bond donors (Lipinski definition) is 0. The maximum atomic E-state index is 2.70. The maximum absolute atomic E-state index is 2.70. The van der Waals surface area contributed by atoms with Gasteiger partial charge in [-0.25, -0.2) is 0 Å². The van der Waals surface area contributed by atoms with Gasteiger partial charge in [-0.15, -0.1) is 0 Å². The Morgan fingerprint density at radius 3 is 1.14 bits per heavy atom. The SMILES string of the molecule is CCC1([C]2([Zr+2][C]3(C4(CC)CCCCC4)C=CC=C3)C=CC=C2)CCCCC1.[Cl-].[Cl-]. The van der Waals surface area contributed by atoms with Crippen molar-refractivity contribution in [2.45, 2.75) is 97.1 Å². The fraction of sp³-hybridized carbons (Fsp3) is 0.692. The molecular weight excluding hydrogens is 474 g/mol. The summed E-state index contributed by atoms with van der Waals surface area (Å²) in [4.78, 5) is 0. The van der Waals surface area contributed by atoms with E-state index in [2.05, 4.69) is 62.5 Å². The normalized spacial score (nSPS) is 27.1. The van der Waals surface area contributed by atoms with Crippen LogP contribution in [0.4, 0.5) is 0 Å². The van der Waals surface area contributed by atoms with Crippen LogP contribution in [0, 0.1) is 10.8 Å². The van der Waals surface area contributed by atoms with Crippen LogP contribution in [0.5, 0.6) is 0 Å². The summed E-state index contributed by atoms with van der Waals surface area (Å²) in [5, 5.41) is 0. The van der Waals surface area contributed by atoms with Gasteiger partial charge < -0.3 is 24.8 Å². The summed E-state index contributed by atoms with van der Waals surface area (Å²) < 4.78 is 0.842. The first-order valence-electron chi connectivity index (χ1n) is 11.7. The molecule has 0 spiro atoms. The van der Waals surface area contributed by atoms with Gasteiger partial charge in [0, 0.05) is 0 Å². The van der Waals surface area contributed by atoms with Gasteiger partial charge in [-0.2, -0.15) is 0 Å². The van der Waals surface area contributed by atoms with Gasteiger partial charge >= 0.3 is 180 Å². The standard InChI is InChI=1S/2C13H19.2ClH.Zr/c2*1-2-13(10-6-3-7-11-13)12-8-4-5-9-12;;;/h2*4-5,8-9H,2-3,6-7,10-11H2,1H3;2*1H;/q;;;;+2/p-2. The van der Waals surface area contributed by atoms with Gasteiger partial charge in [0.05, 0.1) is 0 Å². The molecule has 0 saturated heterocycles. The van der Waals surface area contributed by atoms with Crippen molar-refractivity contribution in [3.05, 3.63) is 48.6 Å². The van der Waals surface area contributed by atoms with E-state index in [1.54, 1.807) is 0 Å². The summed E-state index contributed by atoms with van der Waals surface area (Å²) in [5.41, 5.74) is 1.09. The van der Waals surface area contributed by atoms with Crippen LogP contribution in [-0.2, 0) is 23.2 Å². The molecule has 0 amide bonds. The number of allylic oxidation sites excluding steroid dienone is 8. The minimum atomic E-state index is -0.806. The number of hydrogen-bond acceptors (Lipinski definition) is 0. The molecule has 0 atom stereocenters. The van der Waals surface area contributed by atoms with E-state index in [9.17, 15) is 0 Å². The summed E-state index contributed by atoms with van der Waals surface area (Å²) in [6, 6.07) is 0. The first kappa shape index (κ1) is 25.7. The van der Waals surface area contributed by atoms with Gasteiger partial charge in [0.1, 0.15) is 0 Å². The van der Waals surface area contributed by atoms with Gasteiger partial charge in [0.2, 0.25) is 0 Å². The summed E-state index contributed by atoms with van der Waals surface area (Å²) in [6.07, 6.45) is 37.7.